The van der Waals surface area contributed by atoms with Crippen molar-refractivity contribution in [2.24, 2.45) is 0 Å². The molecule has 1 nitrogen and oxygen atoms in total. The van der Waals surface area contributed by atoms with E-state index in [1.54, 1.807) is 17.4 Å². The van der Waals surface area contributed by atoms with Crippen LogP contribution in [0.2, 0.25) is 0 Å². The lowest BCUT2D eigenvalue weighted by molar-refractivity contribution is 0.504. The summed E-state index contributed by atoms with van der Waals surface area (Å²) >= 11 is 5.13. The van der Waals surface area contributed by atoms with Crippen LogP contribution in [-0.2, 0) is 6.54 Å². The molecule has 1 heterocycles. The van der Waals surface area contributed by atoms with E-state index in [0.717, 1.165) is 16.1 Å². The van der Waals surface area contributed by atoms with Gasteiger partial charge in [-0.2, -0.15) is 0 Å². The van der Waals surface area contributed by atoms with Gasteiger partial charge in [0.25, 0.3) is 0 Å². The summed E-state index contributed by atoms with van der Waals surface area (Å²) in [5.41, 5.74) is 0.730. The van der Waals surface area contributed by atoms with Crippen LogP contribution in [0, 0.1) is 11.6 Å². The first-order valence-corrected chi connectivity index (χ1v) is 7.15. The van der Waals surface area contributed by atoms with Crippen molar-refractivity contribution in [3.8, 4) is 0 Å². The Bertz CT molecular complexity index is 542. The topological polar surface area (TPSA) is 12.0 Å². The zero-order valence-electron chi connectivity index (χ0n) is 9.71. The average molecular weight is 332 g/mol. The molecule has 0 fully saturated rings. The van der Waals surface area contributed by atoms with E-state index in [0.29, 0.717) is 6.54 Å². The minimum absolute atomic E-state index is 0.160. The highest BCUT2D eigenvalue weighted by molar-refractivity contribution is 9.10. The highest BCUT2D eigenvalue weighted by Crippen LogP contribution is 2.28. The maximum atomic E-state index is 13.0. The molecule has 1 unspecified atom stereocenters. The molecule has 2 aromatic rings. The second-order valence-electron chi connectivity index (χ2n) is 3.98. The Morgan fingerprint density at radius 3 is 2.67 bits per heavy atom. The van der Waals surface area contributed by atoms with Gasteiger partial charge < -0.3 is 5.32 Å². The van der Waals surface area contributed by atoms with Gasteiger partial charge in [-0.05, 0) is 52.0 Å². The molecule has 1 aromatic heterocycles. The molecule has 5 heteroatoms. The molecule has 2 rings (SSSR count). The quantitative estimate of drug-likeness (QED) is 0.860. The first-order valence-electron chi connectivity index (χ1n) is 5.48. The second kappa shape index (κ2) is 5.91. The Balaban J connectivity index is 1.99. The Morgan fingerprint density at radius 2 is 2.06 bits per heavy atom. The van der Waals surface area contributed by atoms with Crippen molar-refractivity contribution in [3.63, 3.8) is 0 Å². The molecule has 0 saturated carbocycles. The van der Waals surface area contributed by atoms with Crippen molar-refractivity contribution >= 4 is 27.3 Å². The van der Waals surface area contributed by atoms with Crippen molar-refractivity contribution < 1.29 is 8.78 Å². The minimum atomic E-state index is -0.812. The average Bonchev–Trinajstić information content (AvgIpc) is 2.77. The molecule has 0 aliphatic heterocycles. The van der Waals surface area contributed by atoms with Gasteiger partial charge >= 0.3 is 0 Å². The normalized spacial score (nSPS) is 12.7. The molecule has 1 N–H and O–H groups in total. The third-order valence-electron chi connectivity index (χ3n) is 2.63. The van der Waals surface area contributed by atoms with Crippen LogP contribution in [0.1, 0.15) is 23.4 Å². The smallest absolute Gasteiger partial charge is 0.159 e. The summed E-state index contributed by atoms with van der Waals surface area (Å²) in [4.78, 5) is 1.19. The maximum absolute atomic E-state index is 13.0. The number of nitrogens with one attached hydrogen (secondary N) is 1. The predicted molar refractivity (Wildman–Crippen MR) is 73.6 cm³/mol. The molecule has 1 atom stereocenters. The summed E-state index contributed by atoms with van der Waals surface area (Å²) < 4.78 is 26.9. The van der Waals surface area contributed by atoms with Crippen LogP contribution in [0.4, 0.5) is 8.78 Å². The third-order valence-corrected chi connectivity index (χ3v) is 4.69. The standard InChI is InChI=1S/C13H12BrF2NS/c1-8(13-10(14)4-5-18-13)17-7-9-2-3-11(15)12(16)6-9/h2-6,8,17H,7H2,1H3. The third kappa shape index (κ3) is 3.16. The Labute approximate surface area is 117 Å². The molecule has 0 amide bonds. The molecule has 0 aliphatic carbocycles. The minimum Gasteiger partial charge on any atom is -0.305 e. The molecule has 96 valence electrons. The van der Waals surface area contributed by atoms with Crippen molar-refractivity contribution in [1.29, 1.82) is 0 Å². The molecule has 0 radical (unpaired) electrons. The molecule has 0 bridgehead atoms. The monoisotopic (exact) mass is 331 g/mol. The number of thiophene rings is 1. The lowest BCUT2D eigenvalue weighted by Gasteiger charge is -2.13. The van der Waals surface area contributed by atoms with E-state index < -0.39 is 11.6 Å². The fourth-order valence-corrected chi connectivity index (χ4v) is 3.38. The van der Waals surface area contributed by atoms with Crippen LogP contribution in [0.15, 0.2) is 34.1 Å². The summed E-state index contributed by atoms with van der Waals surface area (Å²) in [6.07, 6.45) is 0. The summed E-state index contributed by atoms with van der Waals surface area (Å²) in [6.45, 7) is 2.54. The van der Waals surface area contributed by atoms with E-state index in [1.807, 2.05) is 18.4 Å². The Hall–Kier alpha value is -0.780. The summed E-state index contributed by atoms with van der Waals surface area (Å²) in [7, 11) is 0. The van der Waals surface area contributed by atoms with Crippen LogP contribution in [0.25, 0.3) is 0 Å². The van der Waals surface area contributed by atoms with Gasteiger partial charge in [-0.1, -0.05) is 6.07 Å². The van der Waals surface area contributed by atoms with Crippen molar-refractivity contribution in [3.05, 3.63) is 56.2 Å². The zero-order valence-corrected chi connectivity index (χ0v) is 12.1. The maximum Gasteiger partial charge on any atom is 0.159 e. The van der Waals surface area contributed by atoms with Crippen LogP contribution in [0.5, 0.6) is 0 Å². The molecule has 0 aliphatic rings. The predicted octanol–water partition coefficient (Wildman–Crippen LogP) is 4.64. The first kappa shape index (κ1) is 13.6. The van der Waals surface area contributed by atoms with Gasteiger partial charge in [0.2, 0.25) is 0 Å². The molecular formula is C13H12BrF2NS. The molecule has 0 spiro atoms. The SMILES string of the molecule is CC(NCc1ccc(F)c(F)c1)c1sccc1Br. The van der Waals surface area contributed by atoms with E-state index in [2.05, 4.69) is 21.2 Å². The van der Waals surface area contributed by atoms with Crippen molar-refractivity contribution in [1.82, 2.24) is 5.32 Å². The Kier molecular flexibility index (Phi) is 4.48. The fraction of sp³-hybridized carbons (Fsp3) is 0.231. The lowest BCUT2D eigenvalue weighted by Crippen LogP contribution is -2.17. The van der Waals surface area contributed by atoms with Gasteiger partial charge in [-0.15, -0.1) is 11.3 Å². The summed E-state index contributed by atoms with van der Waals surface area (Å²) in [5.74, 6) is -1.62. The number of rotatable bonds is 4. The van der Waals surface area contributed by atoms with Crippen LogP contribution in [0.3, 0.4) is 0 Å². The van der Waals surface area contributed by atoms with Crippen LogP contribution >= 0.6 is 27.3 Å². The molecule has 1 aromatic carbocycles. The summed E-state index contributed by atoms with van der Waals surface area (Å²) in [6, 6.07) is 6.11. The lowest BCUT2D eigenvalue weighted by atomic mass is 10.2. The number of hydrogen-bond donors (Lipinski definition) is 1. The zero-order chi connectivity index (χ0) is 13.1. The van der Waals surface area contributed by atoms with Gasteiger partial charge in [0, 0.05) is 21.9 Å². The molecular weight excluding hydrogens is 320 g/mol. The highest BCUT2D eigenvalue weighted by atomic mass is 79.9. The van der Waals surface area contributed by atoms with E-state index in [9.17, 15) is 8.78 Å². The van der Waals surface area contributed by atoms with Gasteiger partial charge in [0.15, 0.2) is 11.6 Å². The van der Waals surface area contributed by atoms with Gasteiger partial charge in [-0.3, -0.25) is 0 Å². The van der Waals surface area contributed by atoms with E-state index >= 15 is 0 Å². The number of benzene rings is 1. The first-order chi connectivity index (χ1) is 8.58. The Morgan fingerprint density at radius 1 is 1.28 bits per heavy atom. The van der Waals surface area contributed by atoms with Gasteiger partial charge in [0.1, 0.15) is 0 Å². The van der Waals surface area contributed by atoms with E-state index in [1.165, 1.54) is 10.9 Å². The largest absolute Gasteiger partial charge is 0.305 e. The number of hydrogen-bond acceptors (Lipinski definition) is 2. The van der Waals surface area contributed by atoms with Crippen LogP contribution < -0.4 is 5.32 Å². The van der Waals surface area contributed by atoms with Crippen LogP contribution in [-0.4, -0.2) is 0 Å². The van der Waals surface area contributed by atoms with E-state index in [4.69, 9.17) is 0 Å². The highest BCUT2D eigenvalue weighted by Gasteiger charge is 2.10. The van der Waals surface area contributed by atoms with E-state index in [-0.39, 0.29) is 6.04 Å². The van der Waals surface area contributed by atoms with Crippen molar-refractivity contribution in [2.45, 2.75) is 19.5 Å². The molecule has 0 saturated heterocycles. The van der Waals surface area contributed by atoms with Crippen molar-refractivity contribution in [2.75, 3.05) is 0 Å². The molecule has 18 heavy (non-hydrogen) atoms. The number of halogens is 3. The summed E-state index contributed by atoms with van der Waals surface area (Å²) in [5, 5.41) is 5.29. The fourth-order valence-electron chi connectivity index (χ4n) is 1.63. The van der Waals surface area contributed by atoms with Gasteiger partial charge in [-0.25, -0.2) is 8.78 Å². The van der Waals surface area contributed by atoms with Gasteiger partial charge in [0.05, 0.1) is 0 Å². The second-order valence-corrected chi connectivity index (χ2v) is 5.79.